The lowest BCUT2D eigenvalue weighted by Gasteiger charge is -2.26. The van der Waals surface area contributed by atoms with Crippen molar-refractivity contribution in [2.45, 2.75) is 55.3 Å². The number of hydrogen-bond acceptors (Lipinski definition) is 5. The number of thioether (sulfide) groups is 1. The summed E-state index contributed by atoms with van der Waals surface area (Å²) in [4.78, 5) is 23.8. The van der Waals surface area contributed by atoms with Crippen LogP contribution in [0.3, 0.4) is 0 Å². The molecule has 1 saturated heterocycles. The molecule has 1 aromatic heterocycles. The summed E-state index contributed by atoms with van der Waals surface area (Å²) >= 11 is 1.69. The fourth-order valence-electron chi connectivity index (χ4n) is 4.11. The second kappa shape index (κ2) is 9.41. The maximum atomic E-state index is 12.7. The Morgan fingerprint density at radius 2 is 1.93 bits per heavy atom. The molecule has 1 aliphatic carbocycles. The predicted molar refractivity (Wildman–Crippen MR) is 113 cm³/mol. The Kier molecular flexibility index (Phi) is 6.47. The zero-order valence-corrected chi connectivity index (χ0v) is 17.0. The van der Waals surface area contributed by atoms with Gasteiger partial charge >= 0.3 is 0 Å². The van der Waals surface area contributed by atoms with Gasteiger partial charge in [0.05, 0.1) is 12.4 Å². The van der Waals surface area contributed by atoms with Gasteiger partial charge in [0.1, 0.15) is 10.8 Å². The first kappa shape index (κ1) is 19.2. The molecule has 1 saturated carbocycles. The van der Waals surface area contributed by atoms with E-state index < -0.39 is 0 Å². The molecule has 4 rings (SSSR count). The molecular weight excluding hydrogens is 368 g/mol. The van der Waals surface area contributed by atoms with E-state index >= 15 is 0 Å². The minimum absolute atomic E-state index is 0.255. The summed E-state index contributed by atoms with van der Waals surface area (Å²) in [6.45, 7) is 1.63. The highest BCUT2D eigenvalue weighted by atomic mass is 32.2. The Balaban J connectivity index is 1.29. The number of anilines is 1. The van der Waals surface area contributed by atoms with Gasteiger partial charge in [-0.15, -0.1) is 11.8 Å². The molecule has 1 amide bonds. The van der Waals surface area contributed by atoms with Crippen LogP contribution in [0, 0.1) is 5.92 Å². The van der Waals surface area contributed by atoms with Crippen LogP contribution in [0.1, 0.15) is 44.1 Å². The Morgan fingerprint density at radius 3 is 2.75 bits per heavy atom. The topological polar surface area (TPSA) is 58.1 Å². The van der Waals surface area contributed by atoms with Crippen LogP contribution in [-0.4, -0.2) is 39.9 Å². The maximum absolute atomic E-state index is 12.7. The summed E-state index contributed by atoms with van der Waals surface area (Å²) in [5.74, 6) is 2.30. The van der Waals surface area contributed by atoms with Crippen molar-refractivity contribution in [3.8, 4) is 0 Å². The van der Waals surface area contributed by atoms with Gasteiger partial charge < -0.3 is 10.2 Å². The van der Waals surface area contributed by atoms with Gasteiger partial charge in [0.2, 0.25) is 5.91 Å². The molecular formula is C22H28N4OS. The van der Waals surface area contributed by atoms with Crippen LogP contribution in [0.15, 0.2) is 47.8 Å². The molecule has 1 aromatic carbocycles. The summed E-state index contributed by atoms with van der Waals surface area (Å²) in [5, 5.41) is 4.40. The molecule has 148 valence electrons. The fraction of sp³-hybridized carbons (Fsp3) is 0.500. The van der Waals surface area contributed by atoms with Crippen molar-refractivity contribution in [3.05, 3.63) is 48.3 Å². The normalized spacial score (nSPS) is 20.3. The van der Waals surface area contributed by atoms with Crippen LogP contribution in [0.2, 0.25) is 0 Å². The highest BCUT2D eigenvalue weighted by molar-refractivity contribution is 7.98. The van der Waals surface area contributed by atoms with Gasteiger partial charge in [0.25, 0.3) is 0 Å². The predicted octanol–water partition coefficient (Wildman–Crippen LogP) is 4.36. The molecule has 0 spiro atoms. The average Bonchev–Trinajstić information content (AvgIpc) is 3.22. The van der Waals surface area contributed by atoms with E-state index in [1.807, 2.05) is 12.3 Å². The van der Waals surface area contributed by atoms with Gasteiger partial charge in [-0.3, -0.25) is 9.78 Å². The summed E-state index contributed by atoms with van der Waals surface area (Å²) < 4.78 is 0. The maximum Gasteiger partial charge on any atom is 0.225 e. The van der Waals surface area contributed by atoms with Crippen molar-refractivity contribution in [3.63, 3.8) is 0 Å². The van der Waals surface area contributed by atoms with Crippen molar-refractivity contribution in [1.82, 2.24) is 14.9 Å². The van der Waals surface area contributed by atoms with Gasteiger partial charge in [0, 0.05) is 30.8 Å². The van der Waals surface area contributed by atoms with Crippen LogP contribution in [0.5, 0.6) is 0 Å². The lowest BCUT2D eigenvalue weighted by Crippen LogP contribution is -2.36. The SMILES string of the molecule is O=C(C1CCCCC1)N1CCC(Nc2cncc(SCc3ccccc3)n2)C1. The van der Waals surface area contributed by atoms with E-state index in [1.165, 1.54) is 24.8 Å². The molecule has 1 N–H and O–H groups in total. The molecule has 1 unspecified atom stereocenters. The van der Waals surface area contributed by atoms with Crippen molar-refractivity contribution < 1.29 is 4.79 Å². The Bertz CT molecular complexity index is 779. The Labute approximate surface area is 171 Å². The molecule has 2 fully saturated rings. The number of carbonyl (C=O) groups excluding carboxylic acids is 1. The standard InChI is InChI=1S/C22H28N4OS/c27-22(18-9-5-2-6-10-18)26-12-11-19(15-26)24-20-13-23-14-21(25-20)28-16-17-7-3-1-4-8-17/h1,3-4,7-8,13-14,18-19H,2,5-6,9-12,15-16H2,(H,24,25). The third kappa shape index (κ3) is 5.04. The third-order valence-corrected chi connectivity index (χ3v) is 6.62. The second-order valence-corrected chi connectivity index (χ2v) is 8.76. The molecule has 1 atom stereocenters. The minimum Gasteiger partial charge on any atom is -0.364 e. The van der Waals surface area contributed by atoms with Gasteiger partial charge in [-0.25, -0.2) is 4.98 Å². The van der Waals surface area contributed by atoms with Crippen LogP contribution in [0.25, 0.3) is 0 Å². The Hall–Kier alpha value is -2.08. The summed E-state index contributed by atoms with van der Waals surface area (Å²) in [5.41, 5.74) is 1.28. The number of aromatic nitrogens is 2. The highest BCUT2D eigenvalue weighted by Gasteiger charge is 2.31. The summed E-state index contributed by atoms with van der Waals surface area (Å²) in [7, 11) is 0. The first-order valence-electron chi connectivity index (χ1n) is 10.3. The van der Waals surface area contributed by atoms with Gasteiger partial charge in [-0.1, -0.05) is 49.6 Å². The number of likely N-dealkylation sites (tertiary alicyclic amines) is 1. The molecule has 0 radical (unpaired) electrons. The molecule has 6 heteroatoms. The van der Waals surface area contributed by atoms with E-state index in [-0.39, 0.29) is 12.0 Å². The van der Waals surface area contributed by atoms with E-state index in [1.54, 1.807) is 18.0 Å². The lowest BCUT2D eigenvalue weighted by molar-refractivity contribution is -0.135. The fourth-order valence-corrected chi connectivity index (χ4v) is 4.92. The number of amides is 1. The number of benzene rings is 1. The highest BCUT2D eigenvalue weighted by Crippen LogP contribution is 2.27. The number of nitrogens with zero attached hydrogens (tertiary/aromatic N) is 3. The summed E-state index contributed by atoms with van der Waals surface area (Å²) in [6.07, 6.45) is 10.4. The van der Waals surface area contributed by atoms with Crippen molar-refractivity contribution in [1.29, 1.82) is 0 Å². The van der Waals surface area contributed by atoms with Crippen molar-refractivity contribution in [2.75, 3.05) is 18.4 Å². The van der Waals surface area contributed by atoms with Crippen LogP contribution >= 0.6 is 11.8 Å². The quantitative estimate of drug-likeness (QED) is 0.735. The van der Waals surface area contributed by atoms with E-state index in [0.717, 1.165) is 48.9 Å². The molecule has 2 heterocycles. The number of carbonyl (C=O) groups is 1. The van der Waals surface area contributed by atoms with Gasteiger partial charge in [-0.2, -0.15) is 0 Å². The largest absolute Gasteiger partial charge is 0.364 e. The average molecular weight is 397 g/mol. The van der Waals surface area contributed by atoms with Crippen molar-refractivity contribution >= 4 is 23.5 Å². The zero-order valence-electron chi connectivity index (χ0n) is 16.2. The molecule has 2 aromatic rings. The minimum atomic E-state index is 0.255. The first-order chi connectivity index (χ1) is 13.8. The van der Waals surface area contributed by atoms with E-state index in [2.05, 4.69) is 39.5 Å². The number of rotatable bonds is 6. The van der Waals surface area contributed by atoms with Crippen LogP contribution < -0.4 is 5.32 Å². The van der Waals surface area contributed by atoms with E-state index in [4.69, 9.17) is 4.98 Å². The lowest BCUT2D eigenvalue weighted by atomic mass is 9.88. The van der Waals surface area contributed by atoms with Crippen molar-refractivity contribution in [2.24, 2.45) is 5.92 Å². The third-order valence-electron chi connectivity index (χ3n) is 5.65. The second-order valence-electron chi connectivity index (χ2n) is 7.77. The number of hydrogen-bond donors (Lipinski definition) is 1. The van der Waals surface area contributed by atoms with E-state index in [9.17, 15) is 4.79 Å². The van der Waals surface area contributed by atoms with Crippen LogP contribution in [-0.2, 0) is 10.5 Å². The van der Waals surface area contributed by atoms with Gasteiger partial charge in [-0.05, 0) is 24.8 Å². The summed E-state index contributed by atoms with van der Waals surface area (Å²) in [6, 6.07) is 10.6. The monoisotopic (exact) mass is 396 g/mol. The van der Waals surface area contributed by atoms with E-state index in [0.29, 0.717) is 5.91 Å². The van der Waals surface area contributed by atoms with Crippen LogP contribution in [0.4, 0.5) is 5.82 Å². The Morgan fingerprint density at radius 1 is 1.11 bits per heavy atom. The molecule has 0 bridgehead atoms. The first-order valence-corrected chi connectivity index (χ1v) is 11.3. The smallest absolute Gasteiger partial charge is 0.225 e. The number of nitrogens with one attached hydrogen (secondary N) is 1. The molecule has 5 nitrogen and oxygen atoms in total. The molecule has 1 aliphatic heterocycles. The van der Waals surface area contributed by atoms with Gasteiger partial charge in [0.15, 0.2) is 0 Å². The molecule has 28 heavy (non-hydrogen) atoms. The molecule has 2 aliphatic rings. The zero-order chi connectivity index (χ0) is 19.2.